The number of nitrogens with zero attached hydrogens (tertiary/aromatic N) is 2. The van der Waals surface area contributed by atoms with Gasteiger partial charge in [-0.05, 0) is 25.7 Å². The minimum absolute atomic E-state index is 0.173. The first-order valence-electron chi connectivity index (χ1n) is 8.51. The molecule has 1 aromatic rings. The summed E-state index contributed by atoms with van der Waals surface area (Å²) in [5.74, 6) is -0.268. The van der Waals surface area contributed by atoms with Gasteiger partial charge in [-0.25, -0.2) is 4.79 Å². The second-order valence-electron chi connectivity index (χ2n) is 6.07. The lowest BCUT2D eigenvalue weighted by atomic mass is 9.93. The number of carboxylic acids is 1. The molecule has 0 radical (unpaired) electrons. The third kappa shape index (κ3) is 5.59. The summed E-state index contributed by atoms with van der Waals surface area (Å²) in [6.07, 6.45) is 4.56. The van der Waals surface area contributed by atoms with Gasteiger partial charge in [0.25, 0.3) is 0 Å². The maximum atomic E-state index is 12.0. The molecule has 2 heterocycles. The molecule has 134 valence electrons. The minimum Gasteiger partial charge on any atom is -0.480 e. The summed E-state index contributed by atoms with van der Waals surface area (Å²) in [7, 11) is 0. The molecule has 8 nitrogen and oxygen atoms in total. The average Bonchev–Trinajstić information content (AvgIpc) is 3.01. The van der Waals surface area contributed by atoms with Gasteiger partial charge >= 0.3 is 5.97 Å². The lowest BCUT2D eigenvalue weighted by molar-refractivity contribution is -0.145. The molecule has 1 fully saturated rings. The number of aliphatic carboxylic acids is 1. The number of aryl methyl sites for hydroxylation is 2. The van der Waals surface area contributed by atoms with Gasteiger partial charge < -0.3 is 19.7 Å². The number of nitrogens with one attached hydrogen (secondary N) is 1. The molecular weight excluding hydrogens is 314 g/mol. The van der Waals surface area contributed by atoms with Crippen molar-refractivity contribution in [1.82, 2.24) is 15.5 Å². The quantitative estimate of drug-likeness (QED) is 0.697. The van der Waals surface area contributed by atoms with Crippen LogP contribution in [0.25, 0.3) is 0 Å². The Morgan fingerprint density at radius 2 is 2.25 bits per heavy atom. The van der Waals surface area contributed by atoms with Crippen LogP contribution in [0.4, 0.5) is 0 Å². The number of hydrogen-bond donors (Lipinski definition) is 2. The third-order valence-corrected chi connectivity index (χ3v) is 4.03. The predicted molar refractivity (Wildman–Crippen MR) is 84.3 cm³/mol. The summed E-state index contributed by atoms with van der Waals surface area (Å²) in [6, 6.07) is -0.891. The van der Waals surface area contributed by atoms with Crippen molar-refractivity contribution < 1.29 is 24.0 Å². The first-order chi connectivity index (χ1) is 11.6. The topological polar surface area (TPSA) is 115 Å². The lowest BCUT2D eigenvalue weighted by Crippen LogP contribution is -2.48. The van der Waals surface area contributed by atoms with E-state index in [0.29, 0.717) is 37.8 Å². The number of carboxylic acid groups (broad SMARTS) is 1. The summed E-state index contributed by atoms with van der Waals surface area (Å²) in [4.78, 5) is 27.6. The van der Waals surface area contributed by atoms with Crippen molar-refractivity contribution >= 4 is 11.9 Å². The van der Waals surface area contributed by atoms with Crippen LogP contribution >= 0.6 is 0 Å². The van der Waals surface area contributed by atoms with E-state index in [-0.39, 0.29) is 18.2 Å². The molecule has 0 saturated carbocycles. The highest BCUT2D eigenvalue weighted by Gasteiger charge is 2.31. The van der Waals surface area contributed by atoms with Gasteiger partial charge in [-0.3, -0.25) is 4.79 Å². The molecule has 8 heteroatoms. The number of ether oxygens (including phenoxy) is 1. The fourth-order valence-electron chi connectivity index (χ4n) is 2.77. The van der Waals surface area contributed by atoms with E-state index in [2.05, 4.69) is 15.5 Å². The molecule has 1 aliphatic rings. The van der Waals surface area contributed by atoms with E-state index < -0.39 is 12.0 Å². The van der Waals surface area contributed by atoms with E-state index >= 15 is 0 Å². The Bertz CT molecular complexity index is 540. The molecule has 1 saturated heterocycles. The molecule has 1 aromatic heterocycles. The van der Waals surface area contributed by atoms with Crippen LogP contribution in [-0.2, 0) is 27.2 Å². The molecular formula is C16H25N3O5. The number of aromatic nitrogens is 2. The van der Waals surface area contributed by atoms with Crippen molar-refractivity contribution in [3.05, 3.63) is 11.7 Å². The van der Waals surface area contributed by atoms with Crippen LogP contribution in [0.3, 0.4) is 0 Å². The predicted octanol–water partition coefficient (Wildman–Crippen LogP) is 1.34. The second kappa shape index (κ2) is 9.36. The van der Waals surface area contributed by atoms with E-state index in [4.69, 9.17) is 9.26 Å². The highest BCUT2D eigenvalue weighted by atomic mass is 16.5. The molecule has 2 unspecified atom stereocenters. The van der Waals surface area contributed by atoms with Gasteiger partial charge in [-0.1, -0.05) is 12.1 Å². The smallest absolute Gasteiger partial charge is 0.326 e. The van der Waals surface area contributed by atoms with Gasteiger partial charge in [0.1, 0.15) is 6.04 Å². The van der Waals surface area contributed by atoms with Crippen molar-refractivity contribution in [3.8, 4) is 0 Å². The maximum Gasteiger partial charge on any atom is 0.326 e. The zero-order chi connectivity index (χ0) is 17.4. The van der Waals surface area contributed by atoms with Crippen LogP contribution in [0.1, 0.15) is 50.7 Å². The minimum atomic E-state index is -1.01. The number of carbonyl (C=O) groups excluding carboxylic acids is 1. The van der Waals surface area contributed by atoms with Crippen molar-refractivity contribution in [1.29, 1.82) is 0 Å². The molecule has 2 atom stereocenters. The number of rotatable bonds is 9. The Morgan fingerprint density at radius 3 is 2.92 bits per heavy atom. The van der Waals surface area contributed by atoms with E-state index in [1.54, 1.807) is 0 Å². The van der Waals surface area contributed by atoms with Gasteiger partial charge in [0.2, 0.25) is 11.8 Å². The van der Waals surface area contributed by atoms with Crippen molar-refractivity contribution in [3.63, 3.8) is 0 Å². The molecule has 1 amide bonds. The Balaban J connectivity index is 1.75. The van der Waals surface area contributed by atoms with Crippen molar-refractivity contribution in [2.45, 2.75) is 57.9 Å². The molecule has 2 rings (SSSR count). The Hall–Kier alpha value is -1.96. The normalized spacial score (nSPS) is 19.0. The van der Waals surface area contributed by atoms with E-state index in [0.717, 1.165) is 25.7 Å². The summed E-state index contributed by atoms with van der Waals surface area (Å²) in [5, 5.41) is 15.8. The Labute approximate surface area is 141 Å². The second-order valence-corrected chi connectivity index (χ2v) is 6.07. The van der Waals surface area contributed by atoms with E-state index in [9.17, 15) is 14.7 Å². The molecule has 0 aliphatic carbocycles. The van der Waals surface area contributed by atoms with Crippen molar-refractivity contribution in [2.75, 3.05) is 13.2 Å². The fraction of sp³-hybridized carbons (Fsp3) is 0.750. The van der Waals surface area contributed by atoms with Gasteiger partial charge in [-0.2, -0.15) is 4.98 Å². The largest absolute Gasteiger partial charge is 0.480 e. The Kier molecular flexibility index (Phi) is 7.17. The third-order valence-electron chi connectivity index (χ3n) is 4.03. The van der Waals surface area contributed by atoms with Crippen LogP contribution in [0.5, 0.6) is 0 Å². The van der Waals surface area contributed by atoms with Gasteiger partial charge in [-0.15, -0.1) is 0 Å². The molecule has 0 bridgehead atoms. The summed E-state index contributed by atoms with van der Waals surface area (Å²) < 4.78 is 10.4. The zero-order valence-electron chi connectivity index (χ0n) is 14.0. The first-order valence-corrected chi connectivity index (χ1v) is 8.51. The highest BCUT2D eigenvalue weighted by Crippen LogP contribution is 2.18. The van der Waals surface area contributed by atoms with Crippen LogP contribution in [0, 0.1) is 5.92 Å². The molecule has 2 N–H and O–H groups in total. The fourth-order valence-corrected chi connectivity index (χ4v) is 2.77. The molecule has 1 aliphatic heterocycles. The van der Waals surface area contributed by atoms with Gasteiger partial charge in [0.05, 0.1) is 6.61 Å². The van der Waals surface area contributed by atoms with Crippen LogP contribution in [0.15, 0.2) is 4.52 Å². The summed E-state index contributed by atoms with van der Waals surface area (Å²) in [6.45, 7) is 3.07. The van der Waals surface area contributed by atoms with E-state index in [1.165, 1.54) is 0 Å². The molecule has 0 spiro atoms. The maximum absolute atomic E-state index is 12.0. The highest BCUT2D eigenvalue weighted by molar-refractivity contribution is 5.83. The number of hydrogen-bond acceptors (Lipinski definition) is 6. The molecule has 0 aromatic carbocycles. The Morgan fingerprint density at radius 1 is 1.42 bits per heavy atom. The summed E-state index contributed by atoms with van der Waals surface area (Å²) >= 11 is 0. The van der Waals surface area contributed by atoms with Crippen LogP contribution in [-0.4, -0.2) is 46.4 Å². The number of carbonyl (C=O) groups is 2. The lowest BCUT2D eigenvalue weighted by Gasteiger charge is -2.28. The van der Waals surface area contributed by atoms with Crippen molar-refractivity contribution in [2.24, 2.45) is 5.92 Å². The first kappa shape index (κ1) is 18.4. The molecule has 24 heavy (non-hydrogen) atoms. The monoisotopic (exact) mass is 339 g/mol. The number of amides is 1. The van der Waals surface area contributed by atoms with Crippen LogP contribution in [0.2, 0.25) is 0 Å². The summed E-state index contributed by atoms with van der Waals surface area (Å²) in [5.41, 5.74) is 0. The van der Waals surface area contributed by atoms with Crippen LogP contribution < -0.4 is 5.32 Å². The zero-order valence-corrected chi connectivity index (χ0v) is 14.0. The SMILES string of the molecule is CCCc1noc(CCCC(=O)NC(C(=O)O)C2CCCOC2)n1. The van der Waals surface area contributed by atoms with Gasteiger partial charge in [0, 0.05) is 31.8 Å². The standard InChI is InChI=1S/C16H25N3O5/c1-2-5-12-17-14(24-19-12)8-3-7-13(20)18-15(16(21)22)11-6-4-9-23-10-11/h11,15H,2-10H2,1H3,(H,18,20)(H,21,22). The van der Waals surface area contributed by atoms with Gasteiger partial charge in [0.15, 0.2) is 5.82 Å². The van der Waals surface area contributed by atoms with E-state index in [1.807, 2.05) is 6.92 Å². The average molecular weight is 339 g/mol.